The van der Waals surface area contributed by atoms with Crippen molar-refractivity contribution in [2.24, 2.45) is 0 Å². The lowest BCUT2D eigenvalue weighted by atomic mass is 10.0. The second-order valence-corrected chi connectivity index (χ2v) is 6.93. The molecule has 0 aliphatic carbocycles. The Morgan fingerprint density at radius 1 is 1.17 bits per heavy atom. The molecule has 1 atom stereocenters. The van der Waals surface area contributed by atoms with E-state index in [1.165, 1.54) is 0 Å². The van der Waals surface area contributed by atoms with Crippen LogP contribution in [0.3, 0.4) is 0 Å². The predicted octanol–water partition coefficient (Wildman–Crippen LogP) is 2.12. The fourth-order valence-corrected chi connectivity index (χ4v) is 3.17. The van der Waals surface area contributed by atoms with Gasteiger partial charge in [0.2, 0.25) is 24.4 Å². The van der Waals surface area contributed by atoms with Gasteiger partial charge < -0.3 is 18.9 Å². The number of likely N-dealkylation sites (N-methyl/N-ethyl adjacent to an activating group) is 2. The summed E-state index contributed by atoms with van der Waals surface area (Å²) in [6.45, 7) is 0.386. The largest absolute Gasteiger partial charge is 0.454 e. The van der Waals surface area contributed by atoms with E-state index in [0.717, 1.165) is 11.1 Å². The summed E-state index contributed by atoms with van der Waals surface area (Å²) in [6, 6.07) is 8.69. The zero-order valence-electron chi connectivity index (χ0n) is 16.4. The molecule has 9 heteroatoms. The summed E-state index contributed by atoms with van der Waals surface area (Å²) < 4.78 is 16.1. The Morgan fingerprint density at radius 2 is 2.00 bits per heavy atom. The maximum Gasteiger partial charge on any atom is 0.246 e. The number of pyridine rings is 1. The molecule has 3 heterocycles. The number of benzene rings is 1. The van der Waals surface area contributed by atoms with Crippen LogP contribution in [0.15, 0.2) is 47.2 Å². The van der Waals surface area contributed by atoms with E-state index in [9.17, 15) is 4.79 Å². The number of hydrogen-bond acceptors (Lipinski definition) is 8. The number of amides is 1. The van der Waals surface area contributed by atoms with Crippen molar-refractivity contribution in [3.8, 4) is 22.9 Å². The average molecular weight is 395 g/mol. The lowest BCUT2D eigenvalue weighted by molar-refractivity contribution is -0.135. The number of carbonyl (C=O) groups is 1. The summed E-state index contributed by atoms with van der Waals surface area (Å²) in [5, 5.41) is 3.97. The normalized spacial score (nSPS) is 13.5. The van der Waals surface area contributed by atoms with Crippen LogP contribution in [0.4, 0.5) is 0 Å². The van der Waals surface area contributed by atoms with Gasteiger partial charge in [-0.15, -0.1) is 0 Å². The van der Waals surface area contributed by atoms with Crippen LogP contribution in [0.1, 0.15) is 17.5 Å². The summed E-state index contributed by atoms with van der Waals surface area (Å²) in [6.07, 6.45) is 3.33. The summed E-state index contributed by atoms with van der Waals surface area (Å²) >= 11 is 0. The van der Waals surface area contributed by atoms with E-state index in [4.69, 9.17) is 14.0 Å². The third kappa shape index (κ3) is 3.90. The molecule has 0 radical (unpaired) electrons. The predicted molar refractivity (Wildman–Crippen MR) is 103 cm³/mol. The van der Waals surface area contributed by atoms with Crippen LogP contribution in [0.25, 0.3) is 11.4 Å². The summed E-state index contributed by atoms with van der Waals surface area (Å²) in [5.74, 6) is 2.01. The topological polar surface area (TPSA) is 93.8 Å². The van der Waals surface area contributed by atoms with Gasteiger partial charge in [-0.3, -0.25) is 14.7 Å². The number of fused-ring (bicyclic) bond motifs is 1. The van der Waals surface area contributed by atoms with Gasteiger partial charge in [0, 0.05) is 25.0 Å². The maximum absolute atomic E-state index is 13.2. The van der Waals surface area contributed by atoms with Crippen LogP contribution in [0.5, 0.6) is 11.5 Å². The highest BCUT2D eigenvalue weighted by atomic mass is 16.7. The Morgan fingerprint density at radius 3 is 2.76 bits per heavy atom. The summed E-state index contributed by atoms with van der Waals surface area (Å²) in [5.41, 5.74) is 1.57. The number of carbonyl (C=O) groups excluding carboxylic acids is 1. The molecule has 9 nitrogen and oxygen atoms in total. The lowest BCUT2D eigenvalue weighted by Crippen LogP contribution is -2.38. The molecule has 4 rings (SSSR count). The Labute approximate surface area is 167 Å². The van der Waals surface area contributed by atoms with Crippen molar-refractivity contribution in [3.05, 3.63) is 54.2 Å². The minimum atomic E-state index is -0.491. The van der Waals surface area contributed by atoms with Crippen molar-refractivity contribution in [2.45, 2.75) is 12.6 Å². The molecule has 0 fully saturated rings. The standard InChI is InChI=1S/C20H21N5O4/c1-24(2)18(13-6-7-15-16(9-13)28-12-27-15)20(26)25(3)11-17-22-19(23-29-17)14-5-4-8-21-10-14/h4-10,18H,11-12H2,1-3H3. The SMILES string of the molecule is CN(Cc1nc(-c2cccnc2)no1)C(=O)C(c1ccc2c(c1)OCO2)N(C)C. The van der Waals surface area contributed by atoms with Gasteiger partial charge in [0.1, 0.15) is 6.04 Å². The van der Waals surface area contributed by atoms with E-state index in [2.05, 4.69) is 15.1 Å². The van der Waals surface area contributed by atoms with Crippen LogP contribution in [-0.4, -0.2) is 58.8 Å². The molecule has 0 N–H and O–H groups in total. The minimum absolute atomic E-state index is 0.102. The molecule has 29 heavy (non-hydrogen) atoms. The highest BCUT2D eigenvalue weighted by Crippen LogP contribution is 2.35. The van der Waals surface area contributed by atoms with E-state index < -0.39 is 6.04 Å². The van der Waals surface area contributed by atoms with Crippen LogP contribution in [0.2, 0.25) is 0 Å². The molecule has 150 valence electrons. The Bertz CT molecular complexity index is 1010. The number of hydrogen-bond donors (Lipinski definition) is 0. The highest BCUT2D eigenvalue weighted by molar-refractivity contribution is 5.83. The highest BCUT2D eigenvalue weighted by Gasteiger charge is 2.29. The lowest BCUT2D eigenvalue weighted by Gasteiger charge is -2.28. The van der Waals surface area contributed by atoms with E-state index in [1.54, 1.807) is 30.4 Å². The van der Waals surface area contributed by atoms with E-state index >= 15 is 0 Å². The van der Waals surface area contributed by atoms with Gasteiger partial charge in [-0.25, -0.2) is 0 Å². The smallest absolute Gasteiger partial charge is 0.246 e. The van der Waals surface area contributed by atoms with E-state index in [1.807, 2.05) is 43.3 Å². The second-order valence-electron chi connectivity index (χ2n) is 6.93. The molecule has 0 saturated heterocycles. The molecule has 0 saturated carbocycles. The molecular formula is C20H21N5O4. The van der Waals surface area contributed by atoms with Gasteiger partial charge in [0.25, 0.3) is 0 Å². The fourth-order valence-electron chi connectivity index (χ4n) is 3.17. The number of ether oxygens (including phenoxy) is 2. The Hall–Kier alpha value is -3.46. The van der Waals surface area contributed by atoms with Crippen LogP contribution < -0.4 is 9.47 Å². The van der Waals surface area contributed by atoms with Gasteiger partial charge in [0.15, 0.2) is 11.5 Å². The summed E-state index contributed by atoms with van der Waals surface area (Å²) in [7, 11) is 5.42. The Balaban J connectivity index is 1.50. The molecular weight excluding hydrogens is 374 g/mol. The van der Waals surface area contributed by atoms with E-state index in [0.29, 0.717) is 23.2 Å². The van der Waals surface area contributed by atoms with Crippen molar-refractivity contribution in [2.75, 3.05) is 27.9 Å². The molecule has 1 aromatic carbocycles. The molecule has 1 amide bonds. The third-order valence-electron chi connectivity index (χ3n) is 4.60. The van der Waals surface area contributed by atoms with E-state index in [-0.39, 0.29) is 19.2 Å². The molecule has 1 aliphatic heterocycles. The van der Waals surface area contributed by atoms with Crippen molar-refractivity contribution in [3.63, 3.8) is 0 Å². The first-order valence-electron chi connectivity index (χ1n) is 9.07. The monoisotopic (exact) mass is 395 g/mol. The van der Waals surface area contributed by atoms with Crippen LogP contribution in [0, 0.1) is 0 Å². The van der Waals surface area contributed by atoms with Gasteiger partial charge >= 0.3 is 0 Å². The zero-order valence-corrected chi connectivity index (χ0v) is 16.4. The molecule has 1 aliphatic rings. The molecule has 1 unspecified atom stereocenters. The van der Waals surface area contributed by atoms with Crippen LogP contribution in [-0.2, 0) is 11.3 Å². The van der Waals surface area contributed by atoms with Gasteiger partial charge in [-0.2, -0.15) is 4.98 Å². The number of aromatic nitrogens is 3. The Kier molecular flexibility index (Phi) is 5.13. The zero-order chi connectivity index (χ0) is 20.4. The number of nitrogens with zero attached hydrogens (tertiary/aromatic N) is 5. The first-order chi connectivity index (χ1) is 14.0. The minimum Gasteiger partial charge on any atom is -0.454 e. The summed E-state index contributed by atoms with van der Waals surface area (Å²) in [4.78, 5) is 25.0. The third-order valence-corrected chi connectivity index (χ3v) is 4.60. The number of rotatable bonds is 6. The molecule has 3 aromatic rings. The fraction of sp³-hybridized carbons (Fsp3) is 0.300. The van der Waals surface area contributed by atoms with Crippen molar-refractivity contribution in [1.29, 1.82) is 0 Å². The van der Waals surface area contributed by atoms with Crippen LogP contribution >= 0.6 is 0 Å². The second kappa shape index (κ2) is 7.88. The average Bonchev–Trinajstić information content (AvgIpc) is 3.37. The van der Waals surface area contributed by atoms with Gasteiger partial charge in [-0.1, -0.05) is 11.2 Å². The molecule has 0 bridgehead atoms. The first-order valence-corrected chi connectivity index (χ1v) is 9.07. The molecule has 2 aromatic heterocycles. The first kappa shape index (κ1) is 18.9. The van der Waals surface area contributed by atoms with Gasteiger partial charge in [-0.05, 0) is 43.9 Å². The van der Waals surface area contributed by atoms with Crippen molar-refractivity contribution in [1.82, 2.24) is 24.9 Å². The molecule has 0 spiro atoms. The van der Waals surface area contributed by atoms with Crippen molar-refractivity contribution < 1.29 is 18.8 Å². The maximum atomic E-state index is 13.2. The van der Waals surface area contributed by atoms with Crippen molar-refractivity contribution >= 4 is 5.91 Å². The quantitative estimate of drug-likeness (QED) is 0.627. The van der Waals surface area contributed by atoms with Gasteiger partial charge in [0.05, 0.1) is 6.54 Å².